The fraction of sp³-hybridized carbons (Fsp3) is 0.917. The van der Waals surface area contributed by atoms with Crippen LogP contribution in [0.25, 0.3) is 0 Å². The standard InChI is InChI=1S/C12H25N3O/c1-6-15-9-12(2,3)8-13-10(11(15)16)7-14(4)5/h10,13H,6-9H2,1-5H3. The highest BCUT2D eigenvalue weighted by Gasteiger charge is 2.33. The number of rotatable bonds is 3. The van der Waals surface area contributed by atoms with Crippen LogP contribution >= 0.6 is 0 Å². The molecule has 1 rings (SSSR count). The number of amides is 1. The molecule has 0 saturated carbocycles. The molecule has 16 heavy (non-hydrogen) atoms. The summed E-state index contributed by atoms with van der Waals surface area (Å²) in [5.41, 5.74) is 0.159. The number of likely N-dealkylation sites (N-methyl/N-ethyl adjacent to an activating group) is 2. The largest absolute Gasteiger partial charge is 0.341 e. The third-order valence-corrected chi connectivity index (χ3v) is 2.99. The molecular formula is C12H25N3O. The predicted molar refractivity (Wildman–Crippen MR) is 66.4 cm³/mol. The number of carbonyl (C=O) groups is 1. The van der Waals surface area contributed by atoms with Gasteiger partial charge in [-0.25, -0.2) is 0 Å². The maximum absolute atomic E-state index is 12.2. The minimum absolute atomic E-state index is 0.0586. The molecule has 1 heterocycles. The summed E-state index contributed by atoms with van der Waals surface area (Å²) in [4.78, 5) is 16.3. The molecule has 0 spiro atoms. The number of hydrogen-bond donors (Lipinski definition) is 1. The second kappa shape index (κ2) is 5.15. The lowest BCUT2D eigenvalue weighted by Gasteiger charge is -2.28. The highest BCUT2D eigenvalue weighted by atomic mass is 16.2. The summed E-state index contributed by atoms with van der Waals surface area (Å²) in [6, 6.07) is -0.0586. The van der Waals surface area contributed by atoms with Crippen molar-refractivity contribution in [3.05, 3.63) is 0 Å². The summed E-state index contributed by atoms with van der Waals surface area (Å²) in [7, 11) is 4.00. The van der Waals surface area contributed by atoms with E-state index in [0.717, 1.165) is 26.2 Å². The van der Waals surface area contributed by atoms with E-state index >= 15 is 0 Å². The molecule has 0 aromatic heterocycles. The summed E-state index contributed by atoms with van der Waals surface area (Å²) in [5, 5.41) is 3.38. The lowest BCUT2D eigenvalue weighted by Crippen LogP contribution is -2.48. The number of nitrogens with zero attached hydrogens (tertiary/aromatic N) is 2. The molecule has 4 heteroatoms. The Labute approximate surface area is 99.0 Å². The molecule has 1 saturated heterocycles. The predicted octanol–water partition coefficient (Wildman–Crippen LogP) is 0.395. The van der Waals surface area contributed by atoms with E-state index in [1.165, 1.54) is 0 Å². The average Bonchev–Trinajstić information content (AvgIpc) is 2.28. The Balaban J connectivity index is 2.77. The van der Waals surface area contributed by atoms with Crippen LogP contribution in [0.4, 0.5) is 0 Å². The topological polar surface area (TPSA) is 35.6 Å². The molecular weight excluding hydrogens is 202 g/mol. The van der Waals surface area contributed by atoms with Crippen LogP contribution in [0.1, 0.15) is 20.8 Å². The van der Waals surface area contributed by atoms with Crippen LogP contribution in [-0.2, 0) is 4.79 Å². The normalized spacial score (nSPS) is 26.0. The van der Waals surface area contributed by atoms with Gasteiger partial charge in [0.1, 0.15) is 0 Å². The lowest BCUT2D eigenvalue weighted by atomic mass is 9.93. The minimum Gasteiger partial charge on any atom is -0.341 e. The third-order valence-electron chi connectivity index (χ3n) is 2.99. The first-order valence-corrected chi connectivity index (χ1v) is 6.02. The van der Waals surface area contributed by atoms with Crippen molar-refractivity contribution in [1.29, 1.82) is 0 Å². The molecule has 0 radical (unpaired) electrons. The third kappa shape index (κ3) is 3.46. The molecule has 0 aromatic rings. The van der Waals surface area contributed by atoms with Crippen molar-refractivity contribution < 1.29 is 4.79 Å². The molecule has 1 fully saturated rings. The molecule has 0 aromatic carbocycles. The quantitative estimate of drug-likeness (QED) is 0.758. The molecule has 1 N–H and O–H groups in total. The van der Waals surface area contributed by atoms with Crippen LogP contribution < -0.4 is 5.32 Å². The zero-order chi connectivity index (χ0) is 12.3. The van der Waals surface area contributed by atoms with E-state index in [1.807, 2.05) is 25.9 Å². The van der Waals surface area contributed by atoms with Gasteiger partial charge in [-0.15, -0.1) is 0 Å². The Morgan fingerprint density at radius 2 is 2.12 bits per heavy atom. The van der Waals surface area contributed by atoms with Gasteiger partial charge >= 0.3 is 0 Å². The second-order valence-electron chi connectivity index (χ2n) is 5.71. The fourth-order valence-corrected chi connectivity index (χ4v) is 2.13. The van der Waals surface area contributed by atoms with E-state index < -0.39 is 0 Å². The summed E-state index contributed by atoms with van der Waals surface area (Å²) in [6.45, 7) is 9.76. The molecule has 1 unspecified atom stereocenters. The lowest BCUT2D eigenvalue weighted by molar-refractivity contribution is -0.133. The van der Waals surface area contributed by atoms with E-state index in [1.54, 1.807) is 0 Å². The number of carbonyl (C=O) groups excluding carboxylic acids is 1. The van der Waals surface area contributed by atoms with Crippen molar-refractivity contribution in [1.82, 2.24) is 15.1 Å². The smallest absolute Gasteiger partial charge is 0.241 e. The Morgan fingerprint density at radius 3 is 2.62 bits per heavy atom. The molecule has 0 bridgehead atoms. The van der Waals surface area contributed by atoms with Gasteiger partial charge in [-0.05, 0) is 26.4 Å². The van der Waals surface area contributed by atoms with Gasteiger partial charge in [0, 0.05) is 26.2 Å². The molecule has 0 aliphatic carbocycles. The van der Waals surface area contributed by atoms with Crippen LogP contribution in [0.2, 0.25) is 0 Å². The van der Waals surface area contributed by atoms with Crippen molar-refractivity contribution in [2.24, 2.45) is 5.41 Å². The van der Waals surface area contributed by atoms with E-state index in [4.69, 9.17) is 0 Å². The first kappa shape index (κ1) is 13.5. The van der Waals surface area contributed by atoms with Crippen LogP contribution in [0.3, 0.4) is 0 Å². The Kier molecular flexibility index (Phi) is 4.33. The molecule has 1 atom stereocenters. The van der Waals surface area contributed by atoms with Crippen LogP contribution in [0.15, 0.2) is 0 Å². The number of hydrogen-bond acceptors (Lipinski definition) is 3. The Bertz CT molecular complexity index is 251. The van der Waals surface area contributed by atoms with Crippen molar-refractivity contribution in [2.75, 3.05) is 40.3 Å². The second-order valence-corrected chi connectivity index (χ2v) is 5.71. The number of nitrogens with one attached hydrogen (secondary N) is 1. The Hall–Kier alpha value is -0.610. The average molecular weight is 227 g/mol. The molecule has 1 aliphatic rings. The van der Waals surface area contributed by atoms with Crippen LogP contribution in [0, 0.1) is 5.41 Å². The molecule has 1 amide bonds. The van der Waals surface area contributed by atoms with Gasteiger partial charge < -0.3 is 15.1 Å². The van der Waals surface area contributed by atoms with Gasteiger partial charge in [0.25, 0.3) is 0 Å². The first-order valence-electron chi connectivity index (χ1n) is 6.02. The monoisotopic (exact) mass is 227 g/mol. The van der Waals surface area contributed by atoms with E-state index in [0.29, 0.717) is 0 Å². The van der Waals surface area contributed by atoms with Crippen molar-refractivity contribution in [2.45, 2.75) is 26.8 Å². The van der Waals surface area contributed by atoms with Gasteiger partial charge in [-0.3, -0.25) is 4.79 Å². The summed E-state index contributed by atoms with van der Waals surface area (Å²) in [6.07, 6.45) is 0. The maximum atomic E-state index is 12.2. The van der Waals surface area contributed by atoms with Gasteiger partial charge in [0.05, 0.1) is 6.04 Å². The molecule has 94 valence electrons. The summed E-state index contributed by atoms with van der Waals surface area (Å²) >= 11 is 0. The highest BCUT2D eigenvalue weighted by Crippen LogP contribution is 2.19. The van der Waals surface area contributed by atoms with E-state index in [-0.39, 0.29) is 17.4 Å². The van der Waals surface area contributed by atoms with Gasteiger partial charge in [-0.2, -0.15) is 0 Å². The van der Waals surface area contributed by atoms with Crippen molar-refractivity contribution in [3.63, 3.8) is 0 Å². The van der Waals surface area contributed by atoms with Crippen LogP contribution in [0.5, 0.6) is 0 Å². The highest BCUT2D eigenvalue weighted by molar-refractivity contribution is 5.82. The van der Waals surface area contributed by atoms with E-state index in [9.17, 15) is 4.79 Å². The van der Waals surface area contributed by atoms with Crippen molar-refractivity contribution in [3.8, 4) is 0 Å². The van der Waals surface area contributed by atoms with Gasteiger partial charge in [0.2, 0.25) is 5.91 Å². The van der Waals surface area contributed by atoms with Crippen molar-refractivity contribution >= 4 is 5.91 Å². The van der Waals surface area contributed by atoms with Crippen LogP contribution in [-0.4, -0.2) is 62.0 Å². The minimum atomic E-state index is -0.0586. The SMILES string of the molecule is CCN1CC(C)(C)CNC(CN(C)C)C1=O. The zero-order valence-electron chi connectivity index (χ0n) is 11.2. The Morgan fingerprint density at radius 1 is 1.50 bits per heavy atom. The molecule has 4 nitrogen and oxygen atoms in total. The zero-order valence-corrected chi connectivity index (χ0v) is 11.2. The van der Waals surface area contributed by atoms with Gasteiger partial charge in [0.15, 0.2) is 0 Å². The maximum Gasteiger partial charge on any atom is 0.241 e. The van der Waals surface area contributed by atoms with Gasteiger partial charge in [-0.1, -0.05) is 13.8 Å². The summed E-state index contributed by atoms with van der Waals surface area (Å²) in [5.74, 6) is 0.238. The first-order chi connectivity index (χ1) is 7.35. The fourth-order valence-electron chi connectivity index (χ4n) is 2.13. The summed E-state index contributed by atoms with van der Waals surface area (Å²) < 4.78 is 0. The molecule has 1 aliphatic heterocycles. The van der Waals surface area contributed by atoms with E-state index in [2.05, 4.69) is 24.1 Å².